The molecular weight excluding hydrogens is 412 g/mol. The van der Waals surface area contributed by atoms with E-state index in [1.807, 2.05) is 54.6 Å². The van der Waals surface area contributed by atoms with Gasteiger partial charge >= 0.3 is 0 Å². The topological polar surface area (TPSA) is 75.7 Å². The number of amides is 1. The highest BCUT2D eigenvalue weighted by Crippen LogP contribution is 2.22. The highest BCUT2D eigenvalue weighted by Gasteiger charge is 2.24. The van der Waals surface area contributed by atoms with Crippen molar-refractivity contribution in [1.29, 1.82) is 0 Å². The maximum Gasteiger partial charge on any atom is 0.243 e. The van der Waals surface area contributed by atoms with E-state index < -0.39 is 10.0 Å². The number of carbonyl (C=O) groups excluding carboxylic acids is 1. The van der Waals surface area contributed by atoms with Crippen LogP contribution in [0.25, 0.3) is 0 Å². The zero-order valence-corrected chi connectivity index (χ0v) is 18.4. The first-order valence-corrected chi connectivity index (χ1v) is 11.4. The van der Waals surface area contributed by atoms with E-state index in [2.05, 4.69) is 5.32 Å². The third kappa shape index (κ3) is 6.16. The molecule has 3 aromatic rings. The average molecular weight is 439 g/mol. The second-order valence-corrected chi connectivity index (χ2v) is 9.07. The van der Waals surface area contributed by atoms with Crippen molar-refractivity contribution >= 4 is 21.6 Å². The first-order chi connectivity index (χ1) is 14.9. The zero-order chi connectivity index (χ0) is 22.3. The lowest BCUT2D eigenvalue weighted by molar-refractivity contribution is -0.114. The van der Waals surface area contributed by atoms with Gasteiger partial charge in [-0.3, -0.25) is 4.79 Å². The lowest BCUT2D eigenvalue weighted by Gasteiger charge is -2.23. The van der Waals surface area contributed by atoms with Crippen molar-refractivity contribution in [2.45, 2.75) is 24.8 Å². The number of nitrogens with zero attached hydrogens (tertiary/aromatic N) is 1. The SMILES string of the molecule is COc1ccc(CCN(Cc2ccccc2)S(=O)(=O)c2ccc(NC(C)=O)cc2)cc1. The predicted octanol–water partition coefficient (Wildman–Crippen LogP) is 4.09. The molecule has 0 atom stereocenters. The Morgan fingerprint density at radius 2 is 1.55 bits per heavy atom. The van der Waals surface area contributed by atoms with Crippen LogP contribution in [0, 0.1) is 0 Å². The van der Waals surface area contributed by atoms with E-state index in [9.17, 15) is 13.2 Å². The van der Waals surface area contributed by atoms with Crippen LogP contribution in [0.1, 0.15) is 18.1 Å². The van der Waals surface area contributed by atoms with Gasteiger partial charge in [-0.15, -0.1) is 0 Å². The fourth-order valence-electron chi connectivity index (χ4n) is 3.18. The third-order valence-corrected chi connectivity index (χ3v) is 6.68. The second-order valence-electron chi connectivity index (χ2n) is 7.13. The molecule has 162 valence electrons. The van der Waals surface area contributed by atoms with Crippen LogP contribution in [-0.2, 0) is 27.8 Å². The molecule has 6 nitrogen and oxygen atoms in total. The standard InChI is InChI=1S/C24H26N2O4S/c1-19(27)25-22-10-14-24(15-11-22)31(28,29)26(18-21-6-4-3-5-7-21)17-16-20-8-12-23(30-2)13-9-20/h3-15H,16-18H2,1-2H3,(H,25,27). The minimum absolute atomic E-state index is 0.187. The van der Waals surface area contributed by atoms with Gasteiger partial charge in [0, 0.05) is 25.7 Å². The van der Waals surface area contributed by atoms with Crippen molar-refractivity contribution in [2.24, 2.45) is 0 Å². The fraction of sp³-hybridized carbons (Fsp3) is 0.208. The van der Waals surface area contributed by atoms with Gasteiger partial charge in [0.15, 0.2) is 0 Å². The molecule has 0 radical (unpaired) electrons. The summed E-state index contributed by atoms with van der Waals surface area (Å²) in [4.78, 5) is 11.4. The first kappa shape index (κ1) is 22.5. The summed E-state index contributed by atoms with van der Waals surface area (Å²) in [5.74, 6) is 0.553. The van der Waals surface area contributed by atoms with E-state index >= 15 is 0 Å². The van der Waals surface area contributed by atoms with Gasteiger partial charge < -0.3 is 10.1 Å². The smallest absolute Gasteiger partial charge is 0.243 e. The van der Waals surface area contributed by atoms with Gasteiger partial charge in [-0.25, -0.2) is 8.42 Å². The van der Waals surface area contributed by atoms with Gasteiger partial charge in [0.25, 0.3) is 0 Å². The Balaban J connectivity index is 1.83. The molecule has 0 aliphatic heterocycles. The Morgan fingerprint density at radius 3 is 2.13 bits per heavy atom. The van der Waals surface area contributed by atoms with Crippen LogP contribution in [0.3, 0.4) is 0 Å². The second kappa shape index (κ2) is 10.2. The van der Waals surface area contributed by atoms with Crippen molar-refractivity contribution in [3.05, 3.63) is 90.0 Å². The molecule has 0 aliphatic rings. The molecule has 0 aromatic heterocycles. The van der Waals surface area contributed by atoms with Gasteiger partial charge in [-0.1, -0.05) is 42.5 Å². The number of carbonyl (C=O) groups is 1. The molecule has 0 saturated carbocycles. The van der Waals surface area contributed by atoms with Crippen LogP contribution in [0.5, 0.6) is 5.75 Å². The summed E-state index contributed by atoms with van der Waals surface area (Å²) >= 11 is 0. The van der Waals surface area contributed by atoms with Gasteiger partial charge in [0.1, 0.15) is 5.75 Å². The Morgan fingerprint density at radius 1 is 0.903 bits per heavy atom. The Kier molecular flexibility index (Phi) is 7.44. The number of hydrogen-bond acceptors (Lipinski definition) is 4. The van der Waals surface area contributed by atoms with Gasteiger partial charge in [-0.05, 0) is 53.9 Å². The minimum Gasteiger partial charge on any atom is -0.497 e. The number of anilines is 1. The van der Waals surface area contributed by atoms with Gasteiger partial charge in [0.2, 0.25) is 15.9 Å². The first-order valence-electron chi connectivity index (χ1n) is 9.93. The molecule has 0 unspecified atom stereocenters. The number of methoxy groups -OCH3 is 1. The van der Waals surface area contributed by atoms with E-state index in [-0.39, 0.29) is 17.3 Å². The lowest BCUT2D eigenvalue weighted by atomic mass is 10.1. The molecule has 7 heteroatoms. The molecule has 0 fully saturated rings. The number of sulfonamides is 1. The summed E-state index contributed by atoms with van der Waals surface area (Å²) in [6.45, 7) is 2.01. The largest absolute Gasteiger partial charge is 0.497 e. The summed E-state index contributed by atoms with van der Waals surface area (Å²) in [5, 5.41) is 2.65. The van der Waals surface area contributed by atoms with E-state index in [1.54, 1.807) is 19.2 Å². The summed E-state index contributed by atoms with van der Waals surface area (Å²) in [6.07, 6.45) is 0.569. The Labute approximate surface area is 183 Å². The molecule has 1 N–H and O–H groups in total. The number of nitrogens with one attached hydrogen (secondary N) is 1. The predicted molar refractivity (Wildman–Crippen MR) is 121 cm³/mol. The van der Waals surface area contributed by atoms with Crippen LogP contribution < -0.4 is 10.1 Å². The number of rotatable bonds is 9. The number of hydrogen-bond donors (Lipinski definition) is 1. The van der Waals surface area contributed by atoms with Crippen molar-refractivity contribution in [3.8, 4) is 5.75 Å². The molecule has 0 saturated heterocycles. The van der Waals surface area contributed by atoms with E-state index in [4.69, 9.17) is 4.74 Å². The average Bonchev–Trinajstić information content (AvgIpc) is 2.77. The van der Waals surface area contributed by atoms with E-state index in [0.717, 1.165) is 16.9 Å². The lowest BCUT2D eigenvalue weighted by Crippen LogP contribution is -2.32. The normalized spacial score (nSPS) is 11.3. The van der Waals surface area contributed by atoms with Crippen molar-refractivity contribution < 1.29 is 17.9 Å². The summed E-state index contributed by atoms with van der Waals surface area (Å²) in [6, 6.07) is 23.4. The van der Waals surface area contributed by atoms with Crippen LogP contribution in [-0.4, -0.2) is 32.3 Å². The summed E-state index contributed by atoms with van der Waals surface area (Å²) < 4.78 is 33.5. The number of ether oxygens (including phenoxy) is 1. The monoisotopic (exact) mass is 438 g/mol. The third-order valence-electron chi connectivity index (χ3n) is 4.82. The van der Waals surface area contributed by atoms with Crippen molar-refractivity contribution in [2.75, 3.05) is 19.0 Å². The summed E-state index contributed by atoms with van der Waals surface area (Å²) in [5.41, 5.74) is 2.49. The molecule has 3 aromatic carbocycles. The van der Waals surface area contributed by atoms with Crippen LogP contribution in [0.15, 0.2) is 83.8 Å². The Bertz CT molecular complexity index is 1100. The Hall–Kier alpha value is -3.16. The number of benzene rings is 3. The van der Waals surface area contributed by atoms with Crippen LogP contribution >= 0.6 is 0 Å². The van der Waals surface area contributed by atoms with Gasteiger partial charge in [-0.2, -0.15) is 4.31 Å². The molecular formula is C24H26N2O4S. The quantitative estimate of drug-likeness (QED) is 0.546. The highest BCUT2D eigenvalue weighted by atomic mass is 32.2. The molecule has 1 amide bonds. The summed E-state index contributed by atoms with van der Waals surface area (Å²) in [7, 11) is -2.12. The zero-order valence-electron chi connectivity index (χ0n) is 17.6. The van der Waals surface area contributed by atoms with Crippen LogP contribution in [0.2, 0.25) is 0 Å². The molecule has 0 spiro atoms. The van der Waals surface area contributed by atoms with Crippen molar-refractivity contribution in [1.82, 2.24) is 4.31 Å². The van der Waals surface area contributed by atoms with Crippen molar-refractivity contribution in [3.63, 3.8) is 0 Å². The molecule has 0 aliphatic carbocycles. The van der Waals surface area contributed by atoms with Crippen LogP contribution in [0.4, 0.5) is 5.69 Å². The minimum atomic E-state index is -3.73. The maximum absolute atomic E-state index is 13.4. The fourth-order valence-corrected chi connectivity index (χ4v) is 4.61. The molecule has 31 heavy (non-hydrogen) atoms. The molecule has 0 bridgehead atoms. The molecule has 3 rings (SSSR count). The van der Waals surface area contributed by atoms with E-state index in [1.165, 1.54) is 23.4 Å². The van der Waals surface area contributed by atoms with Gasteiger partial charge in [0.05, 0.1) is 12.0 Å². The molecule has 0 heterocycles. The highest BCUT2D eigenvalue weighted by molar-refractivity contribution is 7.89. The maximum atomic E-state index is 13.4. The van der Waals surface area contributed by atoms with E-state index in [0.29, 0.717) is 18.7 Å².